The van der Waals surface area contributed by atoms with E-state index in [1.54, 1.807) is 10.8 Å². The van der Waals surface area contributed by atoms with Gasteiger partial charge in [0.15, 0.2) is 0 Å². The fraction of sp³-hybridized carbons (Fsp3) is 0.167. The maximum Gasteiger partial charge on any atom is 0.352 e. The number of carboxylic acid groups (broad SMARTS) is 1. The first-order valence-corrected chi connectivity index (χ1v) is 5.72. The van der Waals surface area contributed by atoms with Crippen molar-refractivity contribution < 1.29 is 9.90 Å². The highest BCUT2D eigenvalue weighted by molar-refractivity contribution is 5.90. The van der Waals surface area contributed by atoms with Crippen LogP contribution in [-0.4, -0.2) is 31.3 Å². The van der Waals surface area contributed by atoms with Crippen molar-refractivity contribution in [3.8, 4) is 0 Å². The standard InChI is InChI=1S/C12H11N5O2/c1-7-4-2-3-5-8(7)10-6-9(11(18)19)13-12-14-15-16-17(10)12/h2-6,10H,1H3,(H,18,19)(H,13,14,16). The molecule has 0 bridgehead atoms. The molecule has 1 aliphatic heterocycles. The summed E-state index contributed by atoms with van der Waals surface area (Å²) in [5, 5.41) is 23.1. The number of tetrazole rings is 1. The van der Waals surface area contributed by atoms with Crippen molar-refractivity contribution >= 4 is 11.9 Å². The van der Waals surface area contributed by atoms with Gasteiger partial charge in [0.2, 0.25) is 5.95 Å². The number of rotatable bonds is 2. The molecule has 1 unspecified atom stereocenters. The number of allylic oxidation sites excluding steroid dienone is 1. The first-order valence-electron chi connectivity index (χ1n) is 5.72. The van der Waals surface area contributed by atoms with Gasteiger partial charge in [-0.25, -0.2) is 4.79 Å². The Morgan fingerprint density at radius 2 is 2.21 bits per heavy atom. The summed E-state index contributed by atoms with van der Waals surface area (Å²) in [6.45, 7) is 1.97. The topological polar surface area (TPSA) is 92.9 Å². The molecule has 1 aromatic heterocycles. The van der Waals surface area contributed by atoms with Crippen LogP contribution >= 0.6 is 0 Å². The third-order valence-corrected chi connectivity index (χ3v) is 3.06. The lowest BCUT2D eigenvalue weighted by molar-refractivity contribution is -0.132. The highest BCUT2D eigenvalue weighted by Crippen LogP contribution is 2.29. The Bertz CT molecular complexity index is 676. The molecule has 19 heavy (non-hydrogen) atoms. The van der Waals surface area contributed by atoms with Crippen molar-refractivity contribution in [1.29, 1.82) is 0 Å². The number of carboxylic acids is 1. The average Bonchev–Trinajstić information content (AvgIpc) is 2.86. The van der Waals surface area contributed by atoms with E-state index in [0.29, 0.717) is 5.95 Å². The second kappa shape index (κ2) is 4.20. The lowest BCUT2D eigenvalue weighted by Crippen LogP contribution is -2.24. The zero-order chi connectivity index (χ0) is 13.4. The number of nitrogens with one attached hydrogen (secondary N) is 1. The highest BCUT2D eigenvalue weighted by atomic mass is 16.4. The Labute approximate surface area is 108 Å². The Balaban J connectivity index is 2.15. The van der Waals surface area contributed by atoms with Gasteiger partial charge in [-0.2, -0.15) is 4.68 Å². The fourth-order valence-corrected chi connectivity index (χ4v) is 2.12. The van der Waals surface area contributed by atoms with Crippen molar-refractivity contribution in [2.75, 3.05) is 5.32 Å². The first-order chi connectivity index (χ1) is 9.16. The maximum atomic E-state index is 11.1. The normalized spacial score (nSPS) is 17.3. The molecular weight excluding hydrogens is 246 g/mol. The number of aliphatic carboxylic acids is 1. The first kappa shape index (κ1) is 11.4. The summed E-state index contributed by atoms with van der Waals surface area (Å²) in [4.78, 5) is 11.1. The third kappa shape index (κ3) is 1.85. The molecule has 1 aliphatic rings. The minimum absolute atomic E-state index is 0.0792. The summed E-state index contributed by atoms with van der Waals surface area (Å²) in [6, 6.07) is 7.42. The van der Waals surface area contributed by atoms with Crippen LogP contribution in [0.1, 0.15) is 17.2 Å². The smallest absolute Gasteiger partial charge is 0.352 e. The number of fused-ring (bicyclic) bond motifs is 1. The zero-order valence-electron chi connectivity index (χ0n) is 10.1. The van der Waals surface area contributed by atoms with Crippen LogP contribution in [0.4, 0.5) is 5.95 Å². The van der Waals surface area contributed by atoms with Gasteiger partial charge in [0, 0.05) is 0 Å². The molecule has 0 amide bonds. The van der Waals surface area contributed by atoms with Crippen LogP contribution in [0.5, 0.6) is 0 Å². The molecular formula is C12H11N5O2. The molecule has 1 atom stereocenters. The van der Waals surface area contributed by atoms with Gasteiger partial charge in [0.1, 0.15) is 11.7 Å². The number of benzene rings is 1. The van der Waals surface area contributed by atoms with E-state index in [2.05, 4.69) is 20.8 Å². The number of hydrogen-bond donors (Lipinski definition) is 2. The lowest BCUT2D eigenvalue weighted by atomic mass is 9.99. The van der Waals surface area contributed by atoms with Gasteiger partial charge in [-0.05, 0) is 34.6 Å². The molecule has 2 heterocycles. The predicted octanol–water partition coefficient (Wildman–Crippen LogP) is 0.965. The number of nitrogens with zero attached hydrogens (tertiary/aromatic N) is 4. The van der Waals surface area contributed by atoms with E-state index in [0.717, 1.165) is 11.1 Å². The van der Waals surface area contributed by atoms with E-state index in [9.17, 15) is 4.79 Å². The Kier molecular flexibility index (Phi) is 2.52. The molecule has 1 aromatic carbocycles. The second-order valence-corrected chi connectivity index (χ2v) is 4.26. The molecule has 0 radical (unpaired) electrons. The van der Waals surface area contributed by atoms with Crippen LogP contribution in [0.2, 0.25) is 0 Å². The number of hydrogen-bond acceptors (Lipinski definition) is 5. The quantitative estimate of drug-likeness (QED) is 0.832. The van der Waals surface area contributed by atoms with Gasteiger partial charge in [0.25, 0.3) is 0 Å². The van der Waals surface area contributed by atoms with Gasteiger partial charge in [-0.15, -0.1) is 0 Å². The fourth-order valence-electron chi connectivity index (χ4n) is 2.12. The Hall–Kier alpha value is -2.70. The second-order valence-electron chi connectivity index (χ2n) is 4.26. The monoisotopic (exact) mass is 257 g/mol. The molecule has 0 saturated carbocycles. The van der Waals surface area contributed by atoms with Crippen molar-refractivity contribution in [3.05, 3.63) is 47.2 Å². The molecule has 96 valence electrons. The number of carbonyl (C=O) groups is 1. The van der Waals surface area contributed by atoms with Gasteiger partial charge in [-0.3, -0.25) is 0 Å². The summed E-state index contributed by atoms with van der Waals surface area (Å²) in [6.07, 6.45) is 1.61. The number of anilines is 1. The molecule has 7 nitrogen and oxygen atoms in total. The van der Waals surface area contributed by atoms with Crippen molar-refractivity contribution in [3.63, 3.8) is 0 Å². The van der Waals surface area contributed by atoms with E-state index in [-0.39, 0.29) is 11.7 Å². The molecule has 2 aromatic rings. The van der Waals surface area contributed by atoms with E-state index < -0.39 is 5.97 Å². The molecule has 0 spiro atoms. The zero-order valence-corrected chi connectivity index (χ0v) is 10.1. The van der Waals surface area contributed by atoms with E-state index in [1.807, 2.05) is 31.2 Å². The van der Waals surface area contributed by atoms with Crippen LogP contribution in [-0.2, 0) is 4.79 Å². The summed E-state index contributed by atoms with van der Waals surface area (Å²) in [7, 11) is 0. The SMILES string of the molecule is Cc1ccccc1C1C=C(C(=O)O)Nc2nnnn21. The summed E-state index contributed by atoms with van der Waals surface area (Å²) < 4.78 is 1.56. The summed E-state index contributed by atoms with van der Waals surface area (Å²) >= 11 is 0. The molecule has 2 N–H and O–H groups in total. The van der Waals surface area contributed by atoms with Crippen LogP contribution < -0.4 is 5.32 Å². The Morgan fingerprint density at radius 3 is 2.95 bits per heavy atom. The van der Waals surface area contributed by atoms with Crippen LogP contribution in [0.25, 0.3) is 0 Å². The molecule has 7 heteroatoms. The number of aromatic nitrogens is 4. The lowest BCUT2D eigenvalue weighted by Gasteiger charge is -2.22. The molecule has 3 rings (SSSR count). The van der Waals surface area contributed by atoms with Crippen molar-refractivity contribution in [2.24, 2.45) is 0 Å². The molecule has 0 saturated heterocycles. The summed E-state index contributed by atoms with van der Waals surface area (Å²) in [5.41, 5.74) is 2.10. The predicted molar refractivity (Wildman–Crippen MR) is 66.5 cm³/mol. The summed E-state index contributed by atoms with van der Waals surface area (Å²) in [5.74, 6) is -0.707. The van der Waals surface area contributed by atoms with Gasteiger partial charge in [-0.1, -0.05) is 29.4 Å². The van der Waals surface area contributed by atoms with E-state index in [4.69, 9.17) is 5.11 Å². The van der Waals surface area contributed by atoms with Gasteiger partial charge >= 0.3 is 5.97 Å². The van der Waals surface area contributed by atoms with E-state index >= 15 is 0 Å². The highest BCUT2D eigenvalue weighted by Gasteiger charge is 2.26. The van der Waals surface area contributed by atoms with Crippen molar-refractivity contribution in [2.45, 2.75) is 13.0 Å². The van der Waals surface area contributed by atoms with Crippen LogP contribution in [0.3, 0.4) is 0 Å². The van der Waals surface area contributed by atoms with Gasteiger partial charge in [0.05, 0.1) is 0 Å². The maximum absolute atomic E-state index is 11.1. The van der Waals surface area contributed by atoms with Crippen LogP contribution in [0, 0.1) is 6.92 Å². The van der Waals surface area contributed by atoms with Gasteiger partial charge < -0.3 is 10.4 Å². The Morgan fingerprint density at radius 1 is 1.42 bits per heavy atom. The minimum Gasteiger partial charge on any atom is -0.477 e. The van der Waals surface area contributed by atoms with Crippen molar-refractivity contribution in [1.82, 2.24) is 20.2 Å². The third-order valence-electron chi connectivity index (χ3n) is 3.06. The molecule has 0 fully saturated rings. The number of aryl methyl sites for hydroxylation is 1. The minimum atomic E-state index is -1.03. The average molecular weight is 257 g/mol. The largest absolute Gasteiger partial charge is 0.477 e. The van der Waals surface area contributed by atoms with Crippen LogP contribution in [0.15, 0.2) is 36.0 Å². The molecule has 0 aliphatic carbocycles. The van der Waals surface area contributed by atoms with E-state index in [1.165, 1.54) is 0 Å².